The van der Waals surface area contributed by atoms with E-state index in [1.54, 1.807) is 11.0 Å². The van der Waals surface area contributed by atoms with Crippen LogP contribution in [0.2, 0.25) is 5.02 Å². The fourth-order valence-corrected chi connectivity index (χ4v) is 3.56. The summed E-state index contributed by atoms with van der Waals surface area (Å²) in [6.07, 6.45) is 0. The van der Waals surface area contributed by atoms with Gasteiger partial charge >= 0.3 is 0 Å². The van der Waals surface area contributed by atoms with E-state index >= 15 is 0 Å². The van der Waals surface area contributed by atoms with Crippen LogP contribution >= 0.6 is 11.6 Å². The first-order valence-electron chi connectivity index (χ1n) is 9.54. The first-order chi connectivity index (χ1) is 14.1. The number of nitrogens with zero attached hydrogens (tertiary/aromatic N) is 3. The number of aromatic nitrogens is 1. The van der Waals surface area contributed by atoms with Gasteiger partial charge in [-0.05, 0) is 35.3 Å². The maximum Gasteiger partial charge on any atom is 0.292 e. The Morgan fingerprint density at radius 3 is 2.62 bits per heavy atom. The van der Waals surface area contributed by atoms with Crippen LogP contribution in [0.15, 0.2) is 59.1 Å². The van der Waals surface area contributed by atoms with E-state index in [-0.39, 0.29) is 11.7 Å². The van der Waals surface area contributed by atoms with Gasteiger partial charge in [0.2, 0.25) is 5.76 Å². The van der Waals surface area contributed by atoms with Crippen molar-refractivity contribution in [1.29, 1.82) is 0 Å². The van der Waals surface area contributed by atoms with Crippen LogP contribution in [-0.2, 0) is 6.61 Å². The van der Waals surface area contributed by atoms with Crippen molar-refractivity contribution >= 4 is 23.2 Å². The summed E-state index contributed by atoms with van der Waals surface area (Å²) in [4.78, 5) is 16.8. The van der Waals surface area contributed by atoms with Crippen molar-refractivity contribution in [2.45, 2.75) is 13.5 Å². The number of carbonyl (C=O) groups excluding carboxylic acids is 1. The Bertz CT molecular complexity index is 982. The largest absolute Gasteiger partial charge is 0.471 e. The molecular formula is C22H22ClN3O3. The van der Waals surface area contributed by atoms with Gasteiger partial charge in [0, 0.05) is 36.9 Å². The summed E-state index contributed by atoms with van der Waals surface area (Å²) < 4.78 is 10.8. The highest BCUT2D eigenvalue weighted by Crippen LogP contribution is 2.26. The number of benzene rings is 2. The van der Waals surface area contributed by atoms with Gasteiger partial charge in [-0.25, -0.2) is 0 Å². The average Bonchev–Trinajstić information content (AvgIpc) is 3.23. The van der Waals surface area contributed by atoms with Crippen molar-refractivity contribution < 1.29 is 14.1 Å². The minimum absolute atomic E-state index is 0.172. The molecule has 0 atom stereocenters. The Morgan fingerprint density at radius 2 is 1.86 bits per heavy atom. The number of carbonyl (C=O) groups is 1. The third-order valence-electron chi connectivity index (χ3n) is 5.01. The van der Waals surface area contributed by atoms with Gasteiger partial charge in [0.05, 0.1) is 6.07 Å². The van der Waals surface area contributed by atoms with E-state index in [0.717, 1.165) is 24.3 Å². The van der Waals surface area contributed by atoms with Crippen molar-refractivity contribution in [3.05, 3.63) is 76.5 Å². The quantitative estimate of drug-likeness (QED) is 0.630. The van der Waals surface area contributed by atoms with Gasteiger partial charge in [-0.1, -0.05) is 48.0 Å². The molecule has 1 aliphatic rings. The van der Waals surface area contributed by atoms with Crippen molar-refractivity contribution in [1.82, 2.24) is 10.1 Å². The van der Waals surface area contributed by atoms with Gasteiger partial charge < -0.3 is 19.1 Å². The molecule has 7 heteroatoms. The molecule has 0 aliphatic carbocycles. The van der Waals surface area contributed by atoms with Crippen molar-refractivity contribution in [2.24, 2.45) is 0 Å². The second-order valence-electron chi connectivity index (χ2n) is 7.01. The fourth-order valence-electron chi connectivity index (χ4n) is 3.39. The minimum Gasteiger partial charge on any atom is -0.471 e. The van der Waals surface area contributed by atoms with Crippen LogP contribution in [0.1, 0.15) is 21.7 Å². The molecule has 1 aromatic heterocycles. The predicted molar refractivity (Wildman–Crippen MR) is 112 cm³/mol. The smallest absolute Gasteiger partial charge is 0.292 e. The number of aryl methyl sites for hydroxylation is 1. The summed E-state index contributed by atoms with van der Waals surface area (Å²) >= 11 is 6.14. The molecule has 0 radical (unpaired) electrons. The monoisotopic (exact) mass is 411 g/mol. The lowest BCUT2D eigenvalue weighted by atomic mass is 10.1. The van der Waals surface area contributed by atoms with Gasteiger partial charge in [0.25, 0.3) is 11.8 Å². The highest BCUT2D eigenvalue weighted by molar-refractivity contribution is 6.30. The summed E-state index contributed by atoms with van der Waals surface area (Å²) in [6, 6.07) is 17.2. The zero-order valence-electron chi connectivity index (χ0n) is 16.2. The molecule has 1 amide bonds. The van der Waals surface area contributed by atoms with E-state index in [0.29, 0.717) is 30.6 Å². The summed E-state index contributed by atoms with van der Waals surface area (Å²) in [5, 5.41) is 4.58. The van der Waals surface area contributed by atoms with E-state index < -0.39 is 0 Å². The molecule has 1 aliphatic heterocycles. The van der Waals surface area contributed by atoms with E-state index in [1.807, 2.05) is 48.5 Å². The topological polar surface area (TPSA) is 58.8 Å². The number of hydrogen-bond donors (Lipinski definition) is 0. The van der Waals surface area contributed by atoms with Gasteiger partial charge in [-0.2, -0.15) is 0 Å². The molecule has 1 saturated heterocycles. The third kappa shape index (κ3) is 4.54. The number of hydrogen-bond acceptors (Lipinski definition) is 5. The predicted octanol–water partition coefficient (Wildman–Crippen LogP) is 4.18. The molecule has 2 aromatic carbocycles. The van der Waals surface area contributed by atoms with Crippen molar-refractivity contribution in [2.75, 3.05) is 31.1 Å². The molecule has 29 heavy (non-hydrogen) atoms. The van der Waals surface area contributed by atoms with Crippen LogP contribution in [0.3, 0.4) is 0 Å². The first-order valence-corrected chi connectivity index (χ1v) is 9.92. The Balaban J connectivity index is 1.34. The molecule has 0 bridgehead atoms. The molecule has 150 valence electrons. The molecule has 0 saturated carbocycles. The lowest BCUT2D eigenvalue weighted by Gasteiger charge is -2.36. The average molecular weight is 412 g/mol. The molecule has 3 aromatic rings. The zero-order valence-corrected chi connectivity index (χ0v) is 16.9. The van der Waals surface area contributed by atoms with Gasteiger partial charge in [0.1, 0.15) is 6.61 Å². The number of amides is 1. The maximum atomic E-state index is 12.7. The number of halogens is 1. The lowest BCUT2D eigenvalue weighted by molar-refractivity contribution is 0.0704. The summed E-state index contributed by atoms with van der Waals surface area (Å²) in [7, 11) is 0. The molecule has 2 heterocycles. The second-order valence-corrected chi connectivity index (χ2v) is 7.45. The fraction of sp³-hybridized carbons (Fsp3) is 0.273. The van der Waals surface area contributed by atoms with E-state index in [4.69, 9.17) is 20.9 Å². The number of ether oxygens (including phenoxy) is 1. The van der Waals surface area contributed by atoms with Crippen LogP contribution in [0, 0.1) is 6.92 Å². The van der Waals surface area contributed by atoms with Crippen LogP contribution < -0.4 is 9.64 Å². The molecule has 0 spiro atoms. The van der Waals surface area contributed by atoms with Crippen LogP contribution in [0.25, 0.3) is 0 Å². The Labute approximate surface area is 174 Å². The molecule has 0 unspecified atom stereocenters. The van der Waals surface area contributed by atoms with E-state index in [2.05, 4.69) is 17.0 Å². The maximum absolute atomic E-state index is 12.7. The summed E-state index contributed by atoms with van der Waals surface area (Å²) in [5.41, 5.74) is 3.31. The van der Waals surface area contributed by atoms with Crippen LogP contribution in [0.4, 0.5) is 5.69 Å². The first kappa shape index (κ1) is 19.3. The van der Waals surface area contributed by atoms with E-state index in [9.17, 15) is 4.79 Å². The van der Waals surface area contributed by atoms with Crippen molar-refractivity contribution in [3.63, 3.8) is 0 Å². The lowest BCUT2D eigenvalue weighted by Crippen LogP contribution is -2.48. The van der Waals surface area contributed by atoms with Crippen molar-refractivity contribution in [3.8, 4) is 5.88 Å². The number of rotatable bonds is 5. The van der Waals surface area contributed by atoms with Crippen LogP contribution in [0.5, 0.6) is 5.88 Å². The van der Waals surface area contributed by atoms with Gasteiger partial charge in [-0.15, -0.1) is 0 Å². The van der Waals surface area contributed by atoms with Gasteiger partial charge in [-0.3, -0.25) is 4.79 Å². The highest BCUT2D eigenvalue weighted by Gasteiger charge is 2.26. The van der Waals surface area contributed by atoms with Gasteiger partial charge in [0.15, 0.2) is 0 Å². The minimum atomic E-state index is -0.172. The Hall–Kier alpha value is -2.99. The second kappa shape index (κ2) is 8.57. The van der Waals surface area contributed by atoms with Crippen LogP contribution in [-0.4, -0.2) is 42.1 Å². The molecular weight excluding hydrogens is 390 g/mol. The SMILES string of the molecule is Cc1ccc(Cl)cc1N1CCN(C(=O)c2cc(OCc3ccccc3)no2)CC1. The summed E-state index contributed by atoms with van der Waals surface area (Å²) in [5.74, 6) is 0.334. The molecule has 0 N–H and O–H groups in total. The molecule has 1 fully saturated rings. The Kier molecular flexibility index (Phi) is 5.71. The highest BCUT2D eigenvalue weighted by atomic mass is 35.5. The number of anilines is 1. The molecule has 4 rings (SSSR count). The molecule has 6 nitrogen and oxygen atoms in total. The standard InChI is InChI=1S/C22H22ClN3O3/c1-16-7-8-18(23)13-19(16)25-9-11-26(12-10-25)22(27)20-14-21(24-29-20)28-15-17-5-3-2-4-6-17/h2-8,13-14H,9-12,15H2,1H3. The third-order valence-corrected chi connectivity index (χ3v) is 5.24. The number of piperazine rings is 1. The normalized spacial score (nSPS) is 14.1. The Morgan fingerprint density at radius 1 is 1.10 bits per heavy atom. The zero-order chi connectivity index (χ0) is 20.2. The summed E-state index contributed by atoms with van der Waals surface area (Å²) in [6.45, 7) is 5.11. The van der Waals surface area contributed by atoms with E-state index in [1.165, 1.54) is 5.56 Å².